The lowest BCUT2D eigenvalue weighted by Crippen LogP contribution is -2.43. The Labute approximate surface area is 219 Å². The number of aliphatic hydroxyl groups is 1. The third kappa shape index (κ3) is 8.23. The number of carbonyl (C=O) groups excluding carboxylic acids is 1. The van der Waals surface area contributed by atoms with E-state index in [9.17, 15) is 18.3 Å². The lowest BCUT2D eigenvalue weighted by atomic mass is 9.90. The van der Waals surface area contributed by atoms with Crippen LogP contribution >= 0.6 is 11.8 Å². The van der Waals surface area contributed by atoms with E-state index in [1.807, 2.05) is 44.2 Å². The van der Waals surface area contributed by atoms with Crippen molar-refractivity contribution in [3.05, 3.63) is 60.2 Å². The van der Waals surface area contributed by atoms with E-state index in [0.717, 1.165) is 23.5 Å². The molecule has 1 heterocycles. The lowest BCUT2D eigenvalue weighted by molar-refractivity contribution is -0.150. The molecule has 1 aliphatic heterocycles. The fourth-order valence-corrected chi connectivity index (χ4v) is 6.96. The molecular formula is C27H37NO6S2. The minimum atomic E-state index is -3.87. The highest BCUT2D eigenvalue weighted by Gasteiger charge is 2.32. The number of hydrogen-bond acceptors (Lipinski definition) is 7. The molecule has 1 N–H and O–H groups in total. The number of benzene rings is 2. The average molecular weight is 536 g/mol. The molecule has 0 saturated carbocycles. The largest absolute Gasteiger partial charge is 0.497 e. The second-order valence-electron chi connectivity index (χ2n) is 9.59. The van der Waals surface area contributed by atoms with Gasteiger partial charge in [0.2, 0.25) is 10.0 Å². The Morgan fingerprint density at radius 2 is 1.81 bits per heavy atom. The zero-order valence-electron chi connectivity index (χ0n) is 21.2. The molecule has 0 aromatic heterocycles. The molecule has 2 aromatic rings. The van der Waals surface area contributed by atoms with E-state index in [1.54, 1.807) is 23.9 Å². The maximum atomic E-state index is 13.5. The first-order valence-corrected chi connectivity index (χ1v) is 14.9. The van der Waals surface area contributed by atoms with Gasteiger partial charge in [0.15, 0.2) is 0 Å². The van der Waals surface area contributed by atoms with Crippen molar-refractivity contribution in [1.82, 2.24) is 4.31 Å². The second-order valence-corrected chi connectivity index (χ2v) is 12.7. The standard InChI is InChI=1S/C27H37NO6S2/c1-20(2)17-28(36(31,32)25-11-9-23(33-3)10-12-25)18-26(29)22(15-21-7-5-4-6-8-21)16-27(30)34-24-13-14-35-19-24/h4-12,20,22,24,26,29H,13-19H2,1-3H3/t22-,24+,26-/m1/s1. The van der Waals surface area contributed by atoms with Crippen LogP contribution in [0.4, 0.5) is 0 Å². The maximum absolute atomic E-state index is 13.5. The van der Waals surface area contributed by atoms with Crippen molar-refractivity contribution in [1.29, 1.82) is 0 Å². The van der Waals surface area contributed by atoms with Crippen LogP contribution in [0.2, 0.25) is 0 Å². The number of aliphatic hydroxyl groups excluding tert-OH is 1. The molecule has 1 saturated heterocycles. The number of methoxy groups -OCH3 is 1. The summed E-state index contributed by atoms with van der Waals surface area (Å²) >= 11 is 1.76. The van der Waals surface area contributed by atoms with Crippen LogP contribution in [0.3, 0.4) is 0 Å². The summed E-state index contributed by atoms with van der Waals surface area (Å²) in [5, 5.41) is 11.3. The van der Waals surface area contributed by atoms with Gasteiger partial charge in [-0.25, -0.2) is 8.42 Å². The zero-order valence-corrected chi connectivity index (χ0v) is 22.8. The Bertz CT molecular complexity index is 1050. The van der Waals surface area contributed by atoms with Crippen molar-refractivity contribution in [2.45, 2.75) is 50.2 Å². The number of thioether (sulfide) groups is 1. The van der Waals surface area contributed by atoms with Gasteiger partial charge in [-0.05, 0) is 54.3 Å². The van der Waals surface area contributed by atoms with Crippen LogP contribution in [0.25, 0.3) is 0 Å². The van der Waals surface area contributed by atoms with Crippen LogP contribution in [0.1, 0.15) is 32.3 Å². The molecule has 198 valence electrons. The second kappa shape index (κ2) is 13.5. The first-order valence-electron chi connectivity index (χ1n) is 12.3. The molecule has 9 heteroatoms. The fraction of sp³-hybridized carbons (Fsp3) is 0.519. The summed E-state index contributed by atoms with van der Waals surface area (Å²) in [5.74, 6) is 1.53. The molecule has 0 bridgehead atoms. The summed E-state index contributed by atoms with van der Waals surface area (Å²) in [7, 11) is -2.35. The van der Waals surface area contributed by atoms with Crippen LogP contribution in [-0.4, -0.2) is 67.7 Å². The molecule has 0 radical (unpaired) electrons. The summed E-state index contributed by atoms with van der Waals surface area (Å²) < 4.78 is 39.1. The molecule has 0 aliphatic carbocycles. The van der Waals surface area contributed by atoms with Crippen LogP contribution in [0, 0.1) is 11.8 Å². The van der Waals surface area contributed by atoms with Gasteiger partial charge in [-0.1, -0.05) is 44.2 Å². The topological polar surface area (TPSA) is 93.1 Å². The normalized spacial score (nSPS) is 17.8. The van der Waals surface area contributed by atoms with Gasteiger partial charge in [0.25, 0.3) is 0 Å². The molecule has 7 nitrogen and oxygen atoms in total. The molecule has 0 amide bonds. The van der Waals surface area contributed by atoms with E-state index in [2.05, 4.69) is 0 Å². The highest BCUT2D eigenvalue weighted by atomic mass is 32.2. The smallest absolute Gasteiger partial charge is 0.306 e. The number of ether oxygens (including phenoxy) is 2. The zero-order chi connectivity index (χ0) is 26.1. The van der Waals surface area contributed by atoms with E-state index in [1.165, 1.54) is 23.5 Å². The van der Waals surface area contributed by atoms with Crippen molar-refractivity contribution >= 4 is 27.8 Å². The van der Waals surface area contributed by atoms with E-state index in [4.69, 9.17) is 9.47 Å². The number of nitrogens with zero attached hydrogens (tertiary/aromatic N) is 1. The summed E-state index contributed by atoms with van der Waals surface area (Å²) in [5.41, 5.74) is 0.971. The first-order chi connectivity index (χ1) is 17.2. The van der Waals surface area contributed by atoms with E-state index >= 15 is 0 Å². The summed E-state index contributed by atoms with van der Waals surface area (Å²) in [6, 6.07) is 15.8. The molecule has 1 fully saturated rings. The number of sulfonamides is 1. The Balaban J connectivity index is 1.80. The average Bonchev–Trinajstić information content (AvgIpc) is 3.36. The molecular weight excluding hydrogens is 498 g/mol. The minimum absolute atomic E-state index is 0.0231. The number of hydrogen-bond donors (Lipinski definition) is 1. The van der Waals surface area contributed by atoms with Crippen molar-refractivity contribution < 1.29 is 27.8 Å². The first kappa shape index (κ1) is 28.5. The summed E-state index contributed by atoms with van der Waals surface area (Å²) in [6.45, 7) is 3.99. The fourth-order valence-electron chi connectivity index (χ4n) is 4.25. The van der Waals surface area contributed by atoms with Crippen molar-refractivity contribution in [2.75, 3.05) is 31.7 Å². The maximum Gasteiger partial charge on any atom is 0.306 e. The highest BCUT2D eigenvalue weighted by molar-refractivity contribution is 7.99. The number of rotatable bonds is 13. The van der Waals surface area contributed by atoms with E-state index in [0.29, 0.717) is 12.2 Å². The van der Waals surface area contributed by atoms with Crippen LogP contribution in [0.5, 0.6) is 5.75 Å². The minimum Gasteiger partial charge on any atom is -0.497 e. The summed E-state index contributed by atoms with van der Waals surface area (Å²) in [6.07, 6.45) is 0.154. The van der Waals surface area contributed by atoms with Gasteiger partial charge in [-0.15, -0.1) is 0 Å². The third-order valence-electron chi connectivity index (χ3n) is 6.16. The van der Waals surface area contributed by atoms with Crippen molar-refractivity contribution in [3.63, 3.8) is 0 Å². The van der Waals surface area contributed by atoms with E-state index < -0.39 is 22.0 Å². The monoisotopic (exact) mass is 535 g/mol. The van der Waals surface area contributed by atoms with Crippen LogP contribution in [-0.2, 0) is 26.0 Å². The molecule has 1 aliphatic rings. The third-order valence-corrected chi connectivity index (χ3v) is 9.13. The number of carbonyl (C=O) groups is 1. The van der Waals surface area contributed by atoms with Gasteiger partial charge in [0.05, 0.1) is 24.5 Å². The highest BCUT2D eigenvalue weighted by Crippen LogP contribution is 2.26. The number of esters is 1. The molecule has 3 atom stereocenters. The van der Waals surface area contributed by atoms with Gasteiger partial charge >= 0.3 is 5.97 Å². The molecule has 3 rings (SSSR count). The predicted molar refractivity (Wildman–Crippen MR) is 143 cm³/mol. The van der Waals surface area contributed by atoms with Gasteiger partial charge in [-0.3, -0.25) is 4.79 Å². The van der Waals surface area contributed by atoms with Crippen LogP contribution in [0.15, 0.2) is 59.5 Å². The molecule has 2 aromatic carbocycles. The SMILES string of the molecule is COc1ccc(S(=O)(=O)N(CC(C)C)C[C@@H](O)[C@@H](CC(=O)O[C@H]2CCSC2)Cc2ccccc2)cc1. The van der Waals surface area contributed by atoms with Gasteiger partial charge in [-0.2, -0.15) is 16.1 Å². The molecule has 0 spiro atoms. The van der Waals surface area contributed by atoms with Crippen molar-refractivity contribution in [3.8, 4) is 5.75 Å². The quantitative estimate of drug-likeness (QED) is 0.388. The lowest BCUT2D eigenvalue weighted by Gasteiger charge is -2.30. The Hall–Kier alpha value is -2.07. The summed E-state index contributed by atoms with van der Waals surface area (Å²) in [4.78, 5) is 12.9. The molecule has 36 heavy (non-hydrogen) atoms. The molecule has 0 unspecified atom stereocenters. The van der Waals surface area contributed by atoms with Crippen molar-refractivity contribution in [2.24, 2.45) is 11.8 Å². The van der Waals surface area contributed by atoms with Crippen LogP contribution < -0.4 is 4.74 Å². The Morgan fingerprint density at radius 3 is 2.39 bits per heavy atom. The predicted octanol–water partition coefficient (Wildman–Crippen LogP) is 4.00. The van der Waals surface area contributed by atoms with E-state index in [-0.39, 0.29) is 42.4 Å². The Morgan fingerprint density at radius 1 is 1.11 bits per heavy atom. The van der Waals surface area contributed by atoms with Gasteiger partial charge in [0.1, 0.15) is 11.9 Å². The van der Waals surface area contributed by atoms with Gasteiger partial charge < -0.3 is 14.6 Å². The van der Waals surface area contributed by atoms with Gasteiger partial charge in [0, 0.05) is 24.8 Å². The Kier molecular flexibility index (Phi) is 10.7.